The highest BCUT2D eigenvalue weighted by Gasteiger charge is 2.17. The molecule has 0 aliphatic rings. The average molecular weight is 419 g/mol. The van der Waals surface area contributed by atoms with Gasteiger partial charge in [0.25, 0.3) is 11.5 Å². The largest absolute Gasteiger partial charge is 0.325 e. The SMILES string of the molecule is Cc1nn(-c2nnc(C)c(=O)[nH]2)c(C)c1SCC(=O)Nc1cccc(Cl)c1C. The molecular weight excluding hydrogens is 400 g/mol. The van der Waals surface area contributed by atoms with Crippen LogP contribution in [0.25, 0.3) is 5.95 Å². The molecule has 0 saturated heterocycles. The van der Waals surface area contributed by atoms with Gasteiger partial charge in [0.15, 0.2) is 0 Å². The number of aromatic amines is 1. The Bertz CT molecular complexity index is 1110. The molecule has 10 heteroatoms. The van der Waals surface area contributed by atoms with E-state index in [1.807, 2.05) is 26.8 Å². The van der Waals surface area contributed by atoms with Crippen LogP contribution in [0.4, 0.5) is 5.69 Å². The number of benzene rings is 1. The first-order chi connectivity index (χ1) is 13.3. The van der Waals surface area contributed by atoms with Gasteiger partial charge in [0.2, 0.25) is 5.91 Å². The zero-order valence-corrected chi connectivity index (χ0v) is 17.4. The Balaban J connectivity index is 1.75. The van der Waals surface area contributed by atoms with E-state index in [0.29, 0.717) is 10.7 Å². The van der Waals surface area contributed by atoms with E-state index in [1.54, 1.807) is 19.1 Å². The van der Waals surface area contributed by atoms with Crippen LogP contribution in [0.15, 0.2) is 27.9 Å². The number of nitrogens with one attached hydrogen (secondary N) is 2. The minimum atomic E-state index is -0.317. The lowest BCUT2D eigenvalue weighted by atomic mass is 10.2. The molecular formula is C18H19ClN6O2S. The van der Waals surface area contributed by atoms with Gasteiger partial charge in [0.1, 0.15) is 5.69 Å². The molecule has 0 aliphatic carbocycles. The smallest absolute Gasteiger partial charge is 0.274 e. The fourth-order valence-corrected chi connectivity index (χ4v) is 3.66. The number of thioether (sulfide) groups is 1. The second-order valence-corrected chi connectivity index (χ2v) is 7.62. The number of amides is 1. The molecule has 0 spiro atoms. The maximum absolute atomic E-state index is 12.4. The maximum atomic E-state index is 12.4. The highest BCUT2D eigenvalue weighted by Crippen LogP contribution is 2.28. The quantitative estimate of drug-likeness (QED) is 0.617. The number of halogens is 1. The summed E-state index contributed by atoms with van der Waals surface area (Å²) in [4.78, 5) is 27.6. The number of aromatic nitrogens is 5. The van der Waals surface area contributed by atoms with Crippen molar-refractivity contribution in [2.75, 3.05) is 11.1 Å². The summed E-state index contributed by atoms with van der Waals surface area (Å²) in [5.74, 6) is 0.294. The molecule has 0 saturated carbocycles. The van der Waals surface area contributed by atoms with E-state index >= 15 is 0 Å². The Hall–Kier alpha value is -2.65. The van der Waals surface area contributed by atoms with E-state index in [2.05, 4.69) is 25.6 Å². The zero-order valence-electron chi connectivity index (χ0n) is 15.8. The Labute approximate surface area is 170 Å². The van der Waals surface area contributed by atoms with Crippen LogP contribution in [0.5, 0.6) is 0 Å². The molecule has 146 valence electrons. The molecule has 1 aromatic carbocycles. The van der Waals surface area contributed by atoms with Gasteiger partial charge in [0, 0.05) is 10.7 Å². The van der Waals surface area contributed by atoms with Crippen molar-refractivity contribution in [3.8, 4) is 5.95 Å². The molecule has 1 amide bonds. The van der Waals surface area contributed by atoms with Gasteiger partial charge in [-0.3, -0.25) is 14.6 Å². The number of H-pyrrole nitrogens is 1. The van der Waals surface area contributed by atoms with Gasteiger partial charge < -0.3 is 5.32 Å². The van der Waals surface area contributed by atoms with Gasteiger partial charge in [-0.15, -0.1) is 22.0 Å². The van der Waals surface area contributed by atoms with Crippen LogP contribution in [0, 0.1) is 27.7 Å². The third-order valence-electron chi connectivity index (χ3n) is 4.16. The van der Waals surface area contributed by atoms with Gasteiger partial charge in [-0.05, 0) is 45.4 Å². The summed E-state index contributed by atoms with van der Waals surface area (Å²) in [6.07, 6.45) is 0. The summed E-state index contributed by atoms with van der Waals surface area (Å²) in [6.45, 7) is 7.12. The summed E-state index contributed by atoms with van der Waals surface area (Å²) in [6, 6.07) is 5.38. The van der Waals surface area contributed by atoms with Crippen LogP contribution >= 0.6 is 23.4 Å². The minimum Gasteiger partial charge on any atom is -0.325 e. The first-order valence-corrected chi connectivity index (χ1v) is 9.82. The fraction of sp³-hybridized carbons (Fsp3) is 0.278. The summed E-state index contributed by atoms with van der Waals surface area (Å²) in [5.41, 5.74) is 2.98. The third kappa shape index (κ3) is 4.10. The lowest BCUT2D eigenvalue weighted by molar-refractivity contribution is -0.113. The summed E-state index contributed by atoms with van der Waals surface area (Å²) in [5, 5.41) is 15.7. The van der Waals surface area contributed by atoms with Crippen LogP contribution in [0.3, 0.4) is 0 Å². The molecule has 0 bridgehead atoms. The molecule has 2 aromatic heterocycles. The van der Waals surface area contributed by atoms with Crippen molar-refractivity contribution in [1.29, 1.82) is 0 Å². The molecule has 0 unspecified atom stereocenters. The van der Waals surface area contributed by atoms with Crippen LogP contribution in [-0.2, 0) is 4.79 Å². The van der Waals surface area contributed by atoms with Crippen molar-refractivity contribution in [1.82, 2.24) is 25.0 Å². The summed E-state index contributed by atoms with van der Waals surface area (Å²) in [7, 11) is 0. The number of hydrogen-bond donors (Lipinski definition) is 2. The minimum absolute atomic E-state index is 0.148. The van der Waals surface area contributed by atoms with E-state index in [9.17, 15) is 9.59 Å². The number of aryl methyl sites for hydroxylation is 2. The van der Waals surface area contributed by atoms with E-state index in [0.717, 1.165) is 21.8 Å². The van der Waals surface area contributed by atoms with Gasteiger partial charge in [-0.25, -0.2) is 4.68 Å². The molecule has 0 aliphatic heterocycles. The first kappa shape index (κ1) is 20.1. The third-order valence-corrected chi connectivity index (χ3v) is 5.86. The molecule has 2 N–H and O–H groups in total. The van der Waals surface area contributed by atoms with E-state index < -0.39 is 0 Å². The van der Waals surface area contributed by atoms with Crippen molar-refractivity contribution in [3.05, 3.63) is 56.2 Å². The Morgan fingerprint density at radius 3 is 2.68 bits per heavy atom. The lowest BCUT2D eigenvalue weighted by Crippen LogP contribution is -2.18. The fourth-order valence-electron chi connectivity index (χ4n) is 2.59. The van der Waals surface area contributed by atoms with Crippen molar-refractivity contribution in [2.45, 2.75) is 32.6 Å². The second-order valence-electron chi connectivity index (χ2n) is 6.22. The predicted molar refractivity (Wildman–Crippen MR) is 110 cm³/mol. The molecule has 28 heavy (non-hydrogen) atoms. The summed E-state index contributed by atoms with van der Waals surface area (Å²) >= 11 is 7.46. The molecule has 3 rings (SSSR count). The molecule has 3 aromatic rings. The monoisotopic (exact) mass is 418 g/mol. The maximum Gasteiger partial charge on any atom is 0.274 e. The first-order valence-electron chi connectivity index (χ1n) is 8.46. The number of carbonyl (C=O) groups is 1. The predicted octanol–water partition coefficient (Wildman–Crippen LogP) is 2.97. The molecule has 2 heterocycles. The molecule has 8 nitrogen and oxygen atoms in total. The number of rotatable bonds is 5. The topological polar surface area (TPSA) is 106 Å². The Morgan fingerprint density at radius 2 is 1.96 bits per heavy atom. The highest BCUT2D eigenvalue weighted by atomic mass is 35.5. The van der Waals surface area contributed by atoms with Crippen molar-refractivity contribution < 1.29 is 4.79 Å². The number of carbonyl (C=O) groups excluding carboxylic acids is 1. The van der Waals surface area contributed by atoms with Gasteiger partial charge in [0.05, 0.1) is 22.0 Å². The van der Waals surface area contributed by atoms with Gasteiger partial charge in [-0.2, -0.15) is 5.10 Å². The zero-order chi connectivity index (χ0) is 20.4. The van der Waals surface area contributed by atoms with Gasteiger partial charge >= 0.3 is 0 Å². The van der Waals surface area contributed by atoms with Crippen molar-refractivity contribution in [2.24, 2.45) is 0 Å². The van der Waals surface area contributed by atoms with E-state index in [1.165, 1.54) is 16.4 Å². The van der Waals surface area contributed by atoms with Crippen LogP contribution in [0.2, 0.25) is 5.02 Å². The van der Waals surface area contributed by atoms with Crippen molar-refractivity contribution >= 4 is 35.0 Å². The average Bonchev–Trinajstić information content (AvgIpc) is 2.93. The van der Waals surface area contributed by atoms with Crippen LogP contribution in [0.1, 0.15) is 22.6 Å². The number of anilines is 1. The van der Waals surface area contributed by atoms with E-state index in [-0.39, 0.29) is 28.9 Å². The second kappa shape index (κ2) is 8.15. The molecule has 0 fully saturated rings. The number of hydrogen-bond acceptors (Lipinski definition) is 6. The van der Waals surface area contributed by atoms with E-state index in [4.69, 9.17) is 11.6 Å². The Kier molecular flexibility index (Phi) is 5.85. The molecule has 0 radical (unpaired) electrons. The van der Waals surface area contributed by atoms with Gasteiger partial charge in [-0.1, -0.05) is 17.7 Å². The lowest BCUT2D eigenvalue weighted by Gasteiger charge is -2.09. The molecule has 0 atom stereocenters. The summed E-state index contributed by atoms with van der Waals surface area (Å²) < 4.78 is 1.52. The normalized spacial score (nSPS) is 10.9. The number of nitrogens with zero attached hydrogens (tertiary/aromatic N) is 4. The standard InChI is InChI=1S/C18H19ClN6O2S/c1-9-13(19)6-5-7-14(9)20-15(26)8-28-16-10(2)24-25(12(16)4)18-21-17(27)11(3)22-23-18/h5-7H,8H2,1-4H3,(H,20,26)(H,21,23,27). The van der Waals surface area contributed by atoms with Crippen LogP contribution < -0.4 is 10.9 Å². The Morgan fingerprint density at radius 1 is 1.21 bits per heavy atom. The highest BCUT2D eigenvalue weighted by molar-refractivity contribution is 8.00. The van der Waals surface area contributed by atoms with Crippen LogP contribution in [-0.4, -0.2) is 36.6 Å². The van der Waals surface area contributed by atoms with Crippen molar-refractivity contribution in [3.63, 3.8) is 0 Å².